The van der Waals surface area contributed by atoms with Crippen molar-refractivity contribution in [2.24, 2.45) is 0 Å². The molecule has 0 spiro atoms. The summed E-state index contributed by atoms with van der Waals surface area (Å²) in [5, 5.41) is 15.5. The molecule has 6 nitrogen and oxygen atoms in total. The minimum absolute atomic E-state index is 0.232. The first kappa shape index (κ1) is 10.6. The summed E-state index contributed by atoms with van der Waals surface area (Å²) in [4.78, 5) is 7.97. The molecule has 0 saturated heterocycles. The molecule has 0 aliphatic heterocycles. The van der Waals surface area contributed by atoms with E-state index in [-0.39, 0.29) is 5.16 Å². The first-order valence-electron chi connectivity index (χ1n) is 4.32. The van der Waals surface area contributed by atoms with Crippen molar-refractivity contribution in [2.45, 2.75) is 5.16 Å². The van der Waals surface area contributed by atoms with Crippen molar-refractivity contribution in [3.8, 4) is 17.5 Å². The SMILES string of the molecule is C[S+]([O-])c1nccc(-c2[nH]ncc2C#N)n1. The molecule has 0 aromatic carbocycles. The van der Waals surface area contributed by atoms with E-state index in [1.165, 1.54) is 18.6 Å². The van der Waals surface area contributed by atoms with Gasteiger partial charge in [-0.2, -0.15) is 20.3 Å². The normalized spacial score (nSPS) is 12.1. The van der Waals surface area contributed by atoms with Gasteiger partial charge < -0.3 is 4.55 Å². The van der Waals surface area contributed by atoms with Gasteiger partial charge in [-0.3, -0.25) is 5.10 Å². The highest BCUT2D eigenvalue weighted by molar-refractivity contribution is 7.90. The Balaban J connectivity index is 2.49. The lowest BCUT2D eigenvalue weighted by Crippen LogP contribution is -2.04. The molecular formula is C9H7N5OS. The fraction of sp³-hybridized carbons (Fsp3) is 0.111. The molecule has 16 heavy (non-hydrogen) atoms. The van der Waals surface area contributed by atoms with E-state index in [0.717, 1.165) is 0 Å². The zero-order valence-electron chi connectivity index (χ0n) is 8.34. The number of nitrogens with zero attached hydrogens (tertiary/aromatic N) is 4. The van der Waals surface area contributed by atoms with Crippen LogP contribution in [-0.2, 0) is 11.2 Å². The second-order valence-corrected chi connectivity index (χ2v) is 4.22. The van der Waals surface area contributed by atoms with Crippen molar-refractivity contribution >= 4 is 11.2 Å². The largest absolute Gasteiger partial charge is 0.609 e. The van der Waals surface area contributed by atoms with Crippen LogP contribution < -0.4 is 0 Å². The highest BCUT2D eigenvalue weighted by atomic mass is 32.2. The monoisotopic (exact) mass is 233 g/mol. The van der Waals surface area contributed by atoms with Crippen molar-refractivity contribution < 1.29 is 4.55 Å². The first-order chi connectivity index (χ1) is 7.72. The summed E-state index contributed by atoms with van der Waals surface area (Å²) in [6.07, 6.45) is 4.42. The van der Waals surface area contributed by atoms with Gasteiger partial charge in [-0.15, -0.1) is 0 Å². The van der Waals surface area contributed by atoms with Gasteiger partial charge in [0, 0.05) is 17.4 Å². The molecule has 0 aliphatic carbocycles. The zero-order valence-corrected chi connectivity index (χ0v) is 9.15. The Morgan fingerprint density at radius 2 is 2.38 bits per heavy atom. The molecule has 2 aromatic rings. The second-order valence-electron chi connectivity index (χ2n) is 2.95. The molecule has 0 radical (unpaired) electrons. The predicted molar refractivity (Wildman–Crippen MR) is 56.7 cm³/mol. The molecule has 7 heteroatoms. The Hall–Kier alpha value is -1.91. The number of rotatable bonds is 2. The second kappa shape index (κ2) is 4.30. The highest BCUT2D eigenvalue weighted by Gasteiger charge is 2.13. The fourth-order valence-corrected chi connectivity index (χ4v) is 1.62. The van der Waals surface area contributed by atoms with Gasteiger partial charge in [0.15, 0.2) is 0 Å². The van der Waals surface area contributed by atoms with E-state index in [1.54, 1.807) is 6.07 Å². The molecule has 0 amide bonds. The lowest BCUT2D eigenvalue weighted by atomic mass is 10.2. The number of hydrogen-bond donors (Lipinski definition) is 1. The summed E-state index contributed by atoms with van der Waals surface area (Å²) >= 11 is -1.25. The van der Waals surface area contributed by atoms with E-state index in [1.807, 2.05) is 6.07 Å². The number of hydrogen-bond acceptors (Lipinski definition) is 5. The van der Waals surface area contributed by atoms with Crippen LogP contribution in [0.3, 0.4) is 0 Å². The molecule has 1 unspecified atom stereocenters. The number of nitrogens with one attached hydrogen (secondary N) is 1. The minimum atomic E-state index is -1.25. The van der Waals surface area contributed by atoms with Gasteiger partial charge >= 0.3 is 5.16 Å². The zero-order chi connectivity index (χ0) is 11.5. The molecule has 0 fully saturated rings. The third-order valence-corrected chi connectivity index (χ3v) is 2.62. The Labute approximate surface area is 94.5 Å². The maximum Gasteiger partial charge on any atom is 0.343 e. The van der Waals surface area contributed by atoms with Gasteiger partial charge in [-0.05, 0) is 6.07 Å². The summed E-state index contributed by atoms with van der Waals surface area (Å²) in [7, 11) is 0. The Morgan fingerprint density at radius 1 is 1.56 bits per heavy atom. The first-order valence-corrected chi connectivity index (χ1v) is 5.88. The van der Waals surface area contributed by atoms with Gasteiger partial charge in [-0.1, -0.05) is 0 Å². The molecular weight excluding hydrogens is 226 g/mol. The van der Waals surface area contributed by atoms with Crippen LogP contribution in [-0.4, -0.2) is 31.0 Å². The highest BCUT2D eigenvalue weighted by Crippen LogP contribution is 2.18. The Kier molecular flexibility index (Phi) is 2.85. The summed E-state index contributed by atoms with van der Waals surface area (Å²) in [6.45, 7) is 0. The number of aromatic amines is 1. The summed E-state index contributed by atoms with van der Waals surface area (Å²) in [5.74, 6) is 0. The summed E-state index contributed by atoms with van der Waals surface area (Å²) < 4.78 is 11.2. The van der Waals surface area contributed by atoms with Crippen LogP contribution in [0.1, 0.15) is 5.56 Å². The van der Waals surface area contributed by atoms with Crippen molar-refractivity contribution in [1.29, 1.82) is 5.26 Å². The van der Waals surface area contributed by atoms with Crippen molar-refractivity contribution in [1.82, 2.24) is 20.2 Å². The standard InChI is InChI=1S/C9H7N5OS/c1-16(15)9-11-3-2-7(13-9)8-6(4-10)5-12-14-8/h2-3,5H,1H3,(H,12,14). The minimum Gasteiger partial charge on any atom is -0.609 e. The van der Waals surface area contributed by atoms with Gasteiger partial charge in [0.2, 0.25) is 0 Å². The van der Waals surface area contributed by atoms with E-state index in [0.29, 0.717) is 17.0 Å². The number of nitriles is 1. The average molecular weight is 233 g/mol. The van der Waals surface area contributed by atoms with Crippen LogP contribution in [0.4, 0.5) is 0 Å². The van der Waals surface area contributed by atoms with E-state index in [2.05, 4.69) is 20.2 Å². The predicted octanol–water partition coefficient (Wildman–Crippen LogP) is 0.476. The molecule has 1 N–H and O–H groups in total. The summed E-state index contributed by atoms with van der Waals surface area (Å²) in [6, 6.07) is 3.62. The molecule has 0 saturated carbocycles. The number of aromatic nitrogens is 4. The van der Waals surface area contributed by atoms with E-state index < -0.39 is 11.2 Å². The van der Waals surface area contributed by atoms with Crippen LogP contribution >= 0.6 is 0 Å². The van der Waals surface area contributed by atoms with E-state index >= 15 is 0 Å². The average Bonchev–Trinajstić information content (AvgIpc) is 2.77. The maximum absolute atomic E-state index is 11.2. The lowest BCUT2D eigenvalue weighted by Gasteiger charge is -2.02. The lowest BCUT2D eigenvalue weighted by molar-refractivity contribution is 0.592. The molecule has 1 atom stereocenters. The van der Waals surface area contributed by atoms with Crippen molar-refractivity contribution in [3.63, 3.8) is 0 Å². The van der Waals surface area contributed by atoms with Gasteiger partial charge in [-0.25, -0.2) is 0 Å². The van der Waals surface area contributed by atoms with Crippen molar-refractivity contribution in [3.05, 3.63) is 24.0 Å². The van der Waals surface area contributed by atoms with Gasteiger partial charge in [0.25, 0.3) is 0 Å². The molecule has 2 aromatic heterocycles. The molecule has 0 aliphatic rings. The third kappa shape index (κ3) is 1.88. The van der Waals surface area contributed by atoms with Crippen LogP contribution in [0.5, 0.6) is 0 Å². The number of H-pyrrole nitrogens is 1. The molecule has 0 bridgehead atoms. The van der Waals surface area contributed by atoms with E-state index in [9.17, 15) is 4.55 Å². The molecule has 2 heterocycles. The van der Waals surface area contributed by atoms with Gasteiger partial charge in [0.05, 0.1) is 17.5 Å². The molecule has 2 rings (SSSR count). The van der Waals surface area contributed by atoms with Crippen LogP contribution in [0.15, 0.2) is 23.6 Å². The third-order valence-electron chi connectivity index (χ3n) is 1.91. The molecule has 80 valence electrons. The fourth-order valence-electron chi connectivity index (χ4n) is 1.18. The van der Waals surface area contributed by atoms with Crippen LogP contribution in [0, 0.1) is 11.3 Å². The van der Waals surface area contributed by atoms with Gasteiger partial charge in [0.1, 0.15) is 18.0 Å². The Morgan fingerprint density at radius 3 is 3.06 bits per heavy atom. The van der Waals surface area contributed by atoms with Crippen LogP contribution in [0.2, 0.25) is 0 Å². The van der Waals surface area contributed by atoms with Crippen LogP contribution in [0.25, 0.3) is 11.4 Å². The van der Waals surface area contributed by atoms with Crippen molar-refractivity contribution in [2.75, 3.05) is 6.26 Å². The Bertz CT molecular complexity index is 545. The summed E-state index contributed by atoms with van der Waals surface area (Å²) in [5.41, 5.74) is 1.41. The topological polar surface area (TPSA) is 101 Å². The van der Waals surface area contributed by atoms with E-state index in [4.69, 9.17) is 5.26 Å². The maximum atomic E-state index is 11.2. The quantitative estimate of drug-likeness (QED) is 0.600. The smallest absolute Gasteiger partial charge is 0.343 e.